The SMILES string of the molecule is CC(c1ccccc1Cl)N(C)CC(=O)Cc1ccccc1. The van der Waals surface area contributed by atoms with Crippen LogP contribution in [0.5, 0.6) is 0 Å². The van der Waals surface area contributed by atoms with Gasteiger partial charge in [-0.1, -0.05) is 60.1 Å². The summed E-state index contributed by atoms with van der Waals surface area (Å²) in [5.41, 5.74) is 2.11. The second-order valence-electron chi connectivity index (χ2n) is 5.31. The van der Waals surface area contributed by atoms with Crippen molar-refractivity contribution in [2.75, 3.05) is 13.6 Å². The second-order valence-corrected chi connectivity index (χ2v) is 5.72. The molecule has 3 heteroatoms. The standard InChI is InChI=1S/C18H20ClNO/c1-14(17-10-6-7-11-18(17)19)20(2)13-16(21)12-15-8-4-3-5-9-15/h3-11,14H,12-13H2,1-2H3. The number of halogens is 1. The molecular formula is C18H20ClNO. The molecule has 2 aromatic rings. The molecule has 21 heavy (non-hydrogen) atoms. The molecule has 1 atom stereocenters. The van der Waals surface area contributed by atoms with Crippen molar-refractivity contribution >= 4 is 17.4 Å². The number of nitrogens with zero attached hydrogens (tertiary/aromatic N) is 1. The topological polar surface area (TPSA) is 20.3 Å². The third-order valence-electron chi connectivity index (χ3n) is 3.69. The van der Waals surface area contributed by atoms with Crippen molar-refractivity contribution in [2.24, 2.45) is 0 Å². The maximum Gasteiger partial charge on any atom is 0.151 e. The fourth-order valence-corrected chi connectivity index (χ4v) is 2.64. The lowest BCUT2D eigenvalue weighted by atomic mass is 10.1. The van der Waals surface area contributed by atoms with Crippen molar-refractivity contribution in [2.45, 2.75) is 19.4 Å². The Morgan fingerprint density at radius 2 is 1.71 bits per heavy atom. The van der Waals surface area contributed by atoms with Crippen molar-refractivity contribution in [3.05, 3.63) is 70.7 Å². The van der Waals surface area contributed by atoms with Crippen molar-refractivity contribution in [1.82, 2.24) is 4.90 Å². The molecule has 0 aliphatic heterocycles. The highest BCUT2D eigenvalue weighted by molar-refractivity contribution is 6.31. The van der Waals surface area contributed by atoms with Crippen molar-refractivity contribution < 1.29 is 4.79 Å². The number of Topliss-reactive ketones (excluding diaryl/α,β-unsaturated/α-hetero) is 1. The predicted octanol–water partition coefficient (Wildman–Crippen LogP) is 4.14. The molecule has 0 spiro atoms. The van der Waals surface area contributed by atoms with Crippen LogP contribution in [0.3, 0.4) is 0 Å². The van der Waals surface area contributed by atoms with Crippen LogP contribution in [0.1, 0.15) is 24.1 Å². The van der Waals surface area contributed by atoms with Crippen molar-refractivity contribution in [1.29, 1.82) is 0 Å². The van der Waals surface area contributed by atoms with E-state index in [2.05, 4.69) is 6.92 Å². The highest BCUT2D eigenvalue weighted by Crippen LogP contribution is 2.25. The largest absolute Gasteiger partial charge is 0.298 e. The molecule has 2 rings (SSSR count). The van der Waals surface area contributed by atoms with E-state index in [1.54, 1.807) is 0 Å². The number of rotatable bonds is 6. The maximum atomic E-state index is 12.2. The quantitative estimate of drug-likeness (QED) is 0.799. The molecule has 0 aliphatic rings. The van der Waals surface area contributed by atoms with Gasteiger partial charge in [0.15, 0.2) is 5.78 Å². The van der Waals surface area contributed by atoms with Gasteiger partial charge in [-0.05, 0) is 31.2 Å². The van der Waals surface area contributed by atoms with Gasteiger partial charge in [0, 0.05) is 17.5 Å². The Hall–Kier alpha value is -1.64. The molecule has 0 aliphatic carbocycles. The van der Waals surface area contributed by atoms with Gasteiger partial charge in [-0.15, -0.1) is 0 Å². The highest BCUT2D eigenvalue weighted by atomic mass is 35.5. The fraction of sp³-hybridized carbons (Fsp3) is 0.278. The summed E-state index contributed by atoms with van der Waals surface area (Å²) in [4.78, 5) is 14.2. The van der Waals surface area contributed by atoms with Crippen LogP contribution >= 0.6 is 11.6 Å². The average Bonchev–Trinajstić information content (AvgIpc) is 2.48. The molecule has 2 aromatic carbocycles. The van der Waals surface area contributed by atoms with E-state index in [1.807, 2.05) is 66.5 Å². The average molecular weight is 302 g/mol. The van der Waals surface area contributed by atoms with Crippen LogP contribution < -0.4 is 0 Å². The molecule has 1 unspecified atom stereocenters. The number of carbonyl (C=O) groups excluding carboxylic acids is 1. The summed E-state index contributed by atoms with van der Waals surface area (Å²) in [5, 5.41) is 0.743. The Morgan fingerprint density at radius 3 is 2.38 bits per heavy atom. The highest BCUT2D eigenvalue weighted by Gasteiger charge is 2.17. The van der Waals surface area contributed by atoms with Crippen LogP contribution in [0, 0.1) is 0 Å². The number of likely N-dealkylation sites (N-methyl/N-ethyl adjacent to an activating group) is 1. The minimum atomic E-state index is 0.110. The molecule has 0 aromatic heterocycles. The number of hydrogen-bond donors (Lipinski definition) is 0. The molecule has 0 saturated carbocycles. The van der Waals surface area contributed by atoms with Crippen LogP contribution in [-0.2, 0) is 11.2 Å². The normalized spacial score (nSPS) is 12.4. The summed E-state index contributed by atoms with van der Waals surface area (Å²) in [6.45, 7) is 2.48. The third-order valence-corrected chi connectivity index (χ3v) is 4.03. The molecule has 2 nitrogen and oxygen atoms in total. The first-order valence-corrected chi connectivity index (χ1v) is 7.46. The van der Waals surface area contributed by atoms with E-state index in [4.69, 9.17) is 11.6 Å². The van der Waals surface area contributed by atoms with Gasteiger partial charge in [0.2, 0.25) is 0 Å². The summed E-state index contributed by atoms with van der Waals surface area (Å²) in [5.74, 6) is 0.211. The van der Waals surface area contributed by atoms with E-state index < -0.39 is 0 Å². The molecule has 0 fully saturated rings. The van der Waals surface area contributed by atoms with Gasteiger partial charge in [0.05, 0.1) is 6.54 Å². The Kier molecular flexibility index (Phi) is 5.54. The fourth-order valence-electron chi connectivity index (χ4n) is 2.35. The molecular weight excluding hydrogens is 282 g/mol. The molecule has 0 bridgehead atoms. The van der Waals surface area contributed by atoms with E-state index in [1.165, 1.54) is 0 Å². The number of hydrogen-bond acceptors (Lipinski definition) is 2. The van der Waals surface area contributed by atoms with E-state index in [0.29, 0.717) is 13.0 Å². The van der Waals surface area contributed by atoms with E-state index >= 15 is 0 Å². The van der Waals surface area contributed by atoms with E-state index in [0.717, 1.165) is 16.1 Å². The third kappa shape index (κ3) is 4.42. The van der Waals surface area contributed by atoms with Gasteiger partial charge in [-0.2, -0.15) is 0 Å². The zero-order valence-corrected chi connectivity index (χ0v) is 13.2. The summed E-state index contributed by atoms with van der Waals surface area (Å²) < 4.78 is 0. The van der Waals surface area contributed by atoms with Gasteiger partial charge in [0.1, 0.15) is 0 Å². The Morgan fingerprint density at radius 1 is 1.10 bits per heavy atom. The summed E-state index contributed by atoms with van der Waals surface area (Å²) in [7, 11) is 1.96. The maximum absolute atomic E-state index is 12.2. The number of benzene rings is 2. The first kappa shape index (κ1) is 15.7. The molecule has 0 heterocycles. The lowest BCUT2D eigenvalue weighted by Gasteiger charge is -2.25. The first-order chi connectivity index (χ1) is 10.1. The van der Waals surface area contributed by atoms with Crippen LogP contribution in [-0.4, -0.2) is 24.3 Å². The van der Waals surface area contributed by atoms with Gasteiger partial charge >= 0.3 is 0 Å². The van der Waals surface area contributed by atoms with Crippen LogP contribution in [0.4, 0.5) is 0 Å². The van der Waals surface area contributed by atoms with Gasteiger partial charge in [0.25, 0.3) is 0 Å². The van der Waals surface area contributed by atoms with Gasteiger partial charge in [-0.3, -0.25) is 9.69 Å². The minimum Gasteiger partial charge on any atom is -0.298 e. The predicted molar refractivity (Wildman–Crippen MR) is 87.7 cm³/mol. The molecule has 0 N–H and O–H groups in total. The summed E-state index contributed by atoms with van der Waals surface area (Å²) in [6, 6.07) is 17.7. The number of ketones is 1. The monoisotopic (exact) mass is 301 g/mol. The van der Waals surface area contributed by atoms with E-state index in [9.17, 15) is 4.79 Å². The second kappa shape index (κ2) is 7.39. The Balaban J connectivity index is 1.96. The van der Waals surface area contributed by atoms with Crippen LogP contribution in [0.15, 0.2) is 54.6 Å². The molecule has 0 radical (unpaired) electrons. The zero-order chi connectivity index (χ0) is 15.2. The lowest BCUT2D eigenvalue weighted by Crippen LogP contribution is -2.29. The van der Waals surface area contributed by atoms with Crippen molar-refractivity contribution in [3.63, 3.8) is 0 Å². The summed E-state index contributed by atoms with van der Waals surface area (Å²) in [6.07, 6.45) is 0.473. The lowest BCUT2D eigenvalue weighted by molar-refractivity contribution is -0.119. The summed E-state index contributed by atoms with van der Waals surface area (Å²) >= 11 is 6.22. The van der Waals surface area contributed by atoms with Crippen molar-refractivity contribution in [3.8, 4) is 0 Å². The molecule has 110 valence electrons. The minimum absolute atomic E-state index is 0.110. The molecule has 0 amide bonds. The molecule has 0 saturated heterocycles. The van der Waals surface area contributed by atoms with Crippen LogP contribution in [0.2, 0.25) is 5.02 Å². The zero-order valence-electron chi connectivity index (χ0n) is 12.4. The van der Waals surface area contributed by atoms with Gasteiger partial charge in [-0.25, -0.2) is 0 Å². The van der Waals surface area contributed by atoms with E-state index in [-0.39, 0.29) is 11.8 Å². The Bertz CT molecular complexity index is 597. The first-order valence-electron chi connectivity index (χ1n) is 7.08. The Labute approximate surface area is 131 Å². The number of carbonyl (C=O) groups is 1. The smallest absolute Gasteiger partial charge is 0.151 e. The van der Waals surface area contributed by atoms with Crippen LogP contribution in [0.25, 0.3) is 0 Å². The van der Waals surface area contributed by atoms with Gasteiger partial charge < -0.3 is 0 Å².